The minimum absolute atomic E-state index is 0.0157. The van der Waals surface area contributed by atoms with Gasteiger partial charge in [-0.2, -0.15) is 0 Å². The molecule has 0 saturated heterocycles. The Balaban J connectivity index is 3.42. The van der Waals surface area contributed by atoms with Crippen LogP contribution in [0, 0.1) is 0 Å². The summed E-state index contributed by atoms with van der Waals surface area (Å²) in [6, 6.07) is -0.632. The van der Waals surface area contributed by atoms with Crippen molar-refractivity contribution >= 4 is 11.9 Å². The van der Waals surface area contributed by atoms with Gasteiger partial charge < -0.3 is 20.3 Å². The van der Waals surface area contributed by atoms with Gasteiger partial charge in [0.15, 0.2) is 0 Å². The monoisotopic (exact) mass is 1080 g/mol. The molecule has 0 radical (unpaired) electrons. The van der Waals surface area contributed by atoms with Crippen molar-refractivity contribution in [3.63, 3.8) is 0 Å². The van der Waals surface area contributed by atoms with Gasteiger partial charge >= 0.3 is 5.97 Å². The Morgan fingerprint density at radius 3 is 0.922 bits per heavy atom. The topological polar surface area (TPSA) is 95.9 Å². The molecule has 0 aliphatic rings. The Hall–Kier alpha value is -1.66. The summed E-state index contributed by atoms with van der Waals surface area (Å²) in [5.74, 6) is -0.0528. The van der Waals surface area contributed by atoms with Crippen molar-refractivity contribution in [3.05, 3.63) is 24.3 Å². The summed E-state index contributed by atoms with van der Waals surface area (Å²) in [5, 5.41) is 23.2. The molecule has 1 amide bonds. The molecule has 0 aliphatic carbocycles. The standard InChI is InChI=1S/C71H137NO5/c1-3-5-7-9-11-13-15-17-19-20-21-26-29-32-36-39-43-47-51-55-59-63-69(74)68(67-73)72-70(75)64-60-56-52-48-44-40-37-33-30-27-24-22-23-25-28-31-34-38-42-46-50-54-58-62-66-77-71(76)65-61-57-53-49-45-41-35-18-16-14-12-10-8-6-4-2/h24,27,59,63,68-69,73-74H,3-23,25-26,28-58,60-62,64-67H2,1-2H3,(H,72,75)/b27-24-,63-59+. The van der Waals surface area contributed by atoms with E-state index in [0.717, 1.165) is 38.5 Å². The van der Waals surface area contributed by atoms with Crippen molar-refractivity contribution in [1.29, 1.82) is 0 Å². The lowest BCUT2D eigenvalue weighted by Gasteiger charge is -2.20. The summed E-state index contributed by atoms with van der Waals surface area (Å²) in [6.45, 7) is 4.94. The largest absolute Gasteiger partial charge is 0.466 e. The van der Waals surface area contributed by atoms with Crippen LogP contribution >= 0.6 is 0 Å². The molecule has 77 heavy (non-hydrogen) atoms. The number of rotatable bonds is 66. The average molecular weight is 1080 g/mol. The highest BCUT2D eigenvalue weighted by Gasteiger charge is 2.18. The predicted octanol–water partition coefficient (Wildman–Crippen LogP) is 22.5. The first-order valence-corrected chi connectivity index (χ1v) is 35.1. The van der Waals surface area contributed by atoms with Gasteiger partial charge in [-0.1, -0.05) is 346 Å². The van der Waals surface area contributed by atoms with E-state index in [0.29, 0.717) is 19.4 Å². The van der Waals surface area contributed by atoms with Crippen LogP contribution in [0.4, 0.5) is 0 Å². The lowest BCUT2D eigenvalue weighted by molar-refractivity contribution is -0.143. The Morgan fingerprint density at radius 2 is 0.610 bits per heavy atom. The van der Waals surface area contributed by atoms with Gasteiger partial charge in [-0.05, 0) is 57.8 Å². The Morgan fingerprint density at radius 1 is 0.351 bits per heavy atom. The first-order valence-electron chi connectivity index (χ1n) is 35.1. The van der Waals surface area contributed by atoms with Crippen LogP contribution in [0.3, 0.4) is 0 Å². The van der Waals surface area contributed by atoms with E-state index >= 15 is 0 Å². The van der Waals surface area contributed by atoms with Gasteiger partial charge in [0.1, 0.15) is 0 Å². The van der Waals surface area contributed by atoms with Crippen LogP contribution < -0.4 is 5.32 Å². The maximum absolute atomic E-state index is 12.5. The summed E-state index contributed by atoms with van der Waals surface area (Å²) in [5.41, 5.74) is 0. The lowest BCUT2D eigenvalue weighted by Crippen LogP contribution is -2.45. The van der Waals surface area contributed by atoms with E-state index < -0.39 is 12.1 Å². The van der Waals surface area contributed by atoms with Gasteiger partial charge in [0, 0.05) is 12.8 Å². The van der Waals surface area contributed by atoms with E-state index in [1.165, 1.54) is 327 Å². The van der Waals surface area contributed by atoms with Crippen LogP contribution in [0.1, 0.15) is 393 Å². The SMILES string of the molecule is CCCCCCCCCCCCCCCCCCCCC/C=C/C(O)C(CO)NC(=O)CCCCCCCCCC/C=C\CCCCCCCCCCCCCCOC(=O)CCCCCCCCCCCCCCCCC. The second-order valence-corrected chi connectivity index (χ2v) is 24.2. The maximum Gasteiger partial charge on any atom is 0.305 e. The second kappa shape index (κ2) is 66.8. The number of unbranched alkanes of at least 4 members (excludes halogenated alkanes) is 53. The molecule has 0 rings (SSSR count). The number of aliphatic hydroxyl groups is 2. The van der Waals surface area contributed by atoms with Crippen molar-refractivity contribution in [1.82, 2.24) is 5.32 Å². The molecule has 0 spiro atoms. The quantitative estimate of drug-likeness (QED) is 0.0320. The number of ether oxygens (including phenoxy) is 1. The highest BCUT2D eigenvalue weighted by Crippen LogP contribution is 2.19. The number of allylic oxidation sites excluding steroid dienone is 3. The third kappa shape index (κ3) is 63.4. The van der Waals surface area contributed by atoms with Gasteiger partial charge in [0.2, 0.25) is 5.91 Å². The molecule has 2 unspecified atom stereocenters. The first kappa shape index (κ1) is 75.3. The first-order chi connectivity index (χ1) is 38.0. The van der Waals surface area contributed by atoms with Gasteiger partial charge in [-0.15, -0.1) is 0 Å². The van der Waals surface area contributed by atoms with Crippen LogP contribution in [0.25, 0.3) is 0 Å². The molecule has 0 aromatic heterocycles. The minimum Gasteiger partial charge on any atom is -0.466 e. The Bertz CT molecular complexity index is 1200. The molecule has 0 aromatic rings. The number of carbonyl (C=O) groups excluding carboxylic acids is 2. The molecule has 456 valence electrons. The molecule has 0 bridgehead atoms. The van der Waals surface area contributed by atoms with E-state index in [1.807, 2.05) is 6.08 Å². The lowest BCUT2D eigenvalue weighted by atomic mass is 10.0. The molecule has 6 heteroatoms. The number of hydrogen-bond donors (Lipinski definition) is 3. The summed E-state index contributed by atoms with van der Waals surface area (Å²) >= 11 is 0. The summed E-state index contributed by atoms with van der Waals surface area (Å²) in [4.78, 5) is 24.6. The number of esters is 1. The minimum atomic E-state index is -0.848. The van der Waals surface area contributed by atoms with Gasteiger partial charge in [-0.25, -0.2) is 0 Å². The van der Waals surface area contributed by atoms with Crippen LogP contribution in [0.2, 0.25) is 0 Å². The maximum atomic E-state index is 12.5. The third-order valence-electron chi connectivity index (χ3n) is 16.5. The van der Waals surface area contributed by atoms with Gasteiger partial charge in [-0.3, -0.25) is 9.59 Å². The highest BCUT2D eigenvalue weighted by molar-refractivity contribution is 5.76. The zero-order chi connectivity index (χ0) is 55.7. The predicted molar refractivity (Wildman–Crippen MR) is 338 cm³/mol. The van der Waals surface area contributed by atoms with Crippen molar-refractivity contribution in [2.24, 2.45) is 0 Å². The van der Waals surface area contributed by atoms with E-state index in [-0.39, 0.29) is 18.5 Å². The Kier molecular flexibility index (Phi) is 65.4. The molecule has 3 N–H and O–H groups in total. The van der Waals surface area contributed by atoms with Gasteiger partial charge in [0.25, 0.3) is 0 Å². The molecule has 0 aromatic carbocycles. The van der Waals surface area contributed by atoms with Crippen molar-refractivity contribution in [2.75, 3.05) is 13.2 Å². The summed E-state index contributed by atoms with van der Waals surface area (Å²) in [6.07, 6.45) is 83.9. The Labute approximate surface area is 481 Å². The molecular formula is C71H137NO5. The van der Waals surface area contributed by atoms with Crippen LogP contribution in [-0.4, -0.2) is 47.4 Å². The molecule has 0 fully saturated rings. The fourth-order valence-corrected chi connectivity index (χ4v) is 11.1. The molecule has 6 nitrogen and oxygen atoms in total. The molecule has 0 heterocycles. The molecule has 2 atom stereocenters. The van der Waals surface area contributed by atoms with Crippen molar-refractivity contribution < 1.29 is 24.5 Å². The number of aliphatic hydroxyl groups excluding tert-OH is 2. The van der Waals surface area contributed by atoms with Crippen molar-refractivity contribution in [3.8, 4) is 0 Å². The average Bonchev–Trinajstić information content (AvgIpc) is 3.43. The third-order valence-corrected chi connectivity index (χ3v) is 16.5. The fourth-order valence-electron chi connectivity index (χ4n) is 11.1. The van der Waals surface area contributed by atoms with Crippen LogP contribution in [0.5, 0.6) is 0 Å². The van der Waals surface area contributed by atoms with E-state index in [9.17, 15) is 19.8 Å². The number of carbonyl (C=O) groups is 2. The zero-order valence-electron chi connectivity index (χ0n) is 52.2. The van der Waals surface area contributed by atoms with E-state index in [1.54, 1.807) is 6.08 Å². The normalized spacial score (nSPS) is 12.6. The summed E-state index contributed by atoms with van der Waals surface area (Å²) < 4.78 is 5.50. The molecular weight excluding hydrogens is 947 g/mol. The van der Waals surface area contributed by atoms with Gasteiger partial charge in [0.05, 0.1) is 25.4 Å². The zero-order valence-corrected chi connectivity index (χ0v) is 52.2. The van der Waals surface area contributed by atoms with Crippen LogP contribution in [0.15, 0.2) is 24.3 Å². The fraction of sp³-hybridized carbons (Fsp3) is 0.915. The van der Waals surface area contributed by atoms with Crippen molar-refractivity contribution in [2.45, 2.75) is 405 Å². The molecule has 0 saturated carbocycles. The highest BCUT2D eigenvalue weighted by atomic mass is 16.5. The molecule has 0 aliphatic heterocycles. The smallest absolute Gasteiger partial charge is 0.305 e. The number of nitrogens with one attached hydrogen (secondary N) is 1. The summed E-state index contributed by atoms with van der Waals surface area (Å²) in [7, 11) is 0. The number of hydrogen-bond acceptors (Lipinski definition) is 5. The number of amides is 1. The second-order valence-electron chi connectivity index (χ2n) is 24.2. The van der Waals surface area contributed by atoms with E-state index in [2.05, 4.69) is 31.3 Å². The van der Waals surface area contributed by atoms with Crippen LogP contribution in [-0.2, 0) is 14.3 Å². The van der Waals surface area contributed by atoms with E-state index in [4.69, 9.17) is 4.74 Å².